The zero-order valence-corrected chi connectivity index (χ0v) is 13.0. The highest BCUT2D eigenvalue weighted by Crippen LogP contribution is 2.37. The highest BCUT2D eigenvalue weighted by Gasteiger charge is 2.40. The van der Waals surface area contributed by atoms with Crippen molar-refractivity contribution in [2.75, 3.05) is 13.1 Å². The van der Waals surface area contributed by atoms with Crippen molar-refractivity contribution in [1.82, 2.24) is 4.90 Å². The van der Waals surface area contributed by atoms with Crippen molar-refractivity contribution >= 4 is 5.97 Å². The summed E-state index contributed by atoms with van der Waals surface area (Å²) in [5.41, 5.74) is 2.07. The predicted molar refractivity (Wildman–Crippen MR) is 86.7 cm³/mol. The van der Waals surface area contributed by atoms with Crippen LogP contribution in [0.25, 0.3) is 0 Å². The highest BCUT2D eigenvalue weighted by atomic mass is 19.1. The van der Waals surface area contributed by atoms with E-state index >= 15 is 0 Å². The van der Waals surface area contributed by atoms with Gasteiger partial charge in [-0.05, 0) is 30.2 Å². The molecule has 0 saturated carbocycles. The minimum Gasteiger partial charge on any atom is -0.481 e. The van der Waals surface area contributed by atoms with Gasteiger partial charge in [-0.3, -0.25) is 9.69 Å². The molecule has 3 nitrogen and oxygen atoms in total. The molecule has 1 aliphatic rings. The van der Waals surface area contributed by atoms with Crippen molar-refractivity contribution < 1.29 is 14.3 Å². The van der Waals surface area contributed by atoms with Crippen LogP contribution in [0.3, 0.4) is 0 Å². The molecule has 0 spiro atoms. The summed E-state index contributed by atoms with van der Waals surface area (Å²) in [6, 6.07) is 16.4. The van der Waals surface area contributed by atoms with Crippen LogP contribution in [0.1, 0.15) is 30.0 Å². The quantitative estimate of drug-likeness (QED) is 0.936. The van der Waals surface area contributed by atoms with Gasteiger partial charge in [0.25, 0.3) is 0 Å². The van der Waals surface area contributed by atoms with Gasteiger partial charge in [0.15, 0.2) is 0 Å². The van der Waals surface area contributed by atoms with E-state index in [2.05, 4.69) is 24.0 Å². The van der Waals surface area contributed by atoms with E-state index in [1.807, 2.05) is 18.2 Å². The molecule has 1 unspecified atom stereocenters. The van der Waals surface area contributed by atoms with E-state index < -0.39 is 11.9 Å². The van der Waals surface area contributed by atoms with Gasteiger partial charge in [-0.25, -0.2) is 4.39 Å². The Labute approximate surface area is 135 Å². The number of halogens is 1. The Bertz CT molecular complexity index is 672. The average Bonchev–Trinajstić information content (AvgIpc) is 3.01. The second-order valence-corrected chi connectivity index (χ2v) is 6.14. The third-order valence-electron chi connectivity index (χ3n) is 4.79. The summed E-state index contributed by atoms with van der Waals surface area (Å²) in [5.74, 6) is -1.67. The maximum atomic E-state index is 13.1. The van der Waals surface area contributed by atoms with E-state index in [0.717, 1.165) is 5.56 Å². The number of likely N-dealkylation sites (tertiary alicyclic amines) is 1. The fourth-order valence-electron chi connectivity index (χ4n) is 3.39. The van der Waals surface area contributed by atoms with Crippen LogP contribution >= 0.6 is 0 Å². The number of carboxylic acids is 1. The molecule has 0 amide bonds. The molecule has 3 atom stereocenters. The lowest BCUT2D eigenvalue weighted by atomic mass is 9.89. The molecular weight excluding hydrogens is 293 g/mol. The average molecular weight is 313 g/mol. The smallest absolute Gasteiger partial charge is 0.308 e. The van der Waals surface area contributed by atoms with Gasteiger partial charge in [0.2, 0.25) is 0 Å². The molecule has 3 rings (SSSR count). The molecule has 4 heteroatoms. The van der Waals surface area contributed by atoms with E-state index in [1.54, 1.807) is 12.1 Å². The van der Waals surface area contributed by atoms with Crippen molar-refractivity contribution in [1.29, 1.82) is 0 Å². The standard InChI is InChI=1S/C19H20FNO2/c1-13(14-5-3-2-4-6-14)21-11-17(18(12-21)19(22)23)15-7-9-16(20)10-8-15/h2-10,13,17-18H,11-12H2,1H3,(H,22,23)/t13?,17-,18-/m0/s1. The lowest BCUT2D eigenvalue weighted by molar-refractivity contribution is -0.141. The number of aliphatic carboxylic acids is 1. The number of carbonyl (C=O) groups is 1. The second-order valence-electron chi connectivity index (χ2n) is 6.14. The minimum atomic E-state index is -0.790. The van der Waals surface area contributed by atoms with Crippen LogP contribution in [0.5, 0.6) is 0 Å². The summed E-state index contributed by atoms with van der Waals surface area (Å²) in [4.78, 5) is 13.9. The number of nitrogens with zero attached hydrogens (tertiary/aromatic N) is 1. The van der Waals surface area contributed by atoms with Gasteiger partial charge in [0.05, 0.1) is 5.92 Å². The fraction of sp³-hybridized carbons (Fsp3) is 0.316. The van der Waals surface area contributed by atoms with E-state index in [9.17, 15) is 14.3 Å². The third kappa shape index (κ3) is 3.27. The fourth-order valence-corrected chi connectivity index (χ4v) is 3.39. The molecule has 0 aromatic heterocycles. The molecular formula is C19H20FNO2. The Morgan fingerprint density at radius 3 is 2.39 bits per heavy atom. The molecule has 0 bridgehead atoms. The lowest BCUT2D eigenvalue weighted by Crippen LogP contribution is -2.26. The maximum Gasteiger partial charge on any atom is 0.308 e. The van der Waals surface area contributed by atoms with Crippen LogP contribution in [-0.4, -0.2) is 29.1 Å². The number of rotatable bonds is 4. The predicted octanol–water partition coefficient (Wildman–Crippen LogP) is 3.69. The van der Waals surface area contributed by atoms with Crippen LogP contribution in [0.4, 0.5) is 4.39 Å². The van der Waals surface area contributed by atoms with Gasteiger partial charge < -0.3 is 5.11 Å². The first-order chi connectivity index (χ1) is 11.1. The monoisotopic (exact) mass is 313 g/mol. The summed E-state index contributed by atoms with van der Waals surface area (Å²) in [5, 5.41) is 9.57. The van der Waals surface area contributed by atoms with Gasteiger partial charge in [-0.1, -0.05) is 42.5 Å². The number of hydrogen-bond acceptors (Lipinski definition) is 2. The Hall–Kier alpha value is -2.20. The molecule has 0 radical (unpaired) electrons. The normalized spacial score (nSPS) is 22.9. The van der Waals surface area contributed by atoms with Crippen molar-refractivity contribution in [3.05, 3.63) is 71.5 Å². The number of hydrogen-bond donors (Lipinski definition) is 1. The van der Waals surface area contributed by atoms with Crippen molar-refractivity contribution in [2.45, 2.75) is 18.9 Å². The van der Waals surface area contributed by atoms with E-state index in [4.69, 9.17) is 0 Å². The Morgan fingerprint density at radius 2 is 1.78 bits per heavy atom. The molecule has 1 heterocycles. The van der Waals surface area contributed by atoms with Gasteiger partial charge in [-0.15, -0.1) is 0 Å². The highest BCUT2D eigenvalue weighted by molar-refractivity contribution is 5.72. The Morgan fingerprint density at radius 1 is 1.13 bits per heavy atom. The van der Waals surface area contributed by atoms with E-state index in [0.29, 0.717) is 13.1 Å². The van der Waals surface area contributed by atoms with Gasteiger partial charge in [0.1, 0.15) is 5.82 Å². The molecule has 23 heavy (non-hydrogen) atoms. The van der Waals surface area contributed by atoms with Crippen LogP contribution in [0.15, 0.2) is 54.6 Å². The van der Waals surface area contributed by atoms with Crippen LogP contribution in [0.2, 0.25) is 0 Å². The minimum absolute atomic E-state index is 0.112. The lowest BCUT2D eigenvalue weighted by Gasteiger charge is -2.24. The van der Waals surface area contributed by atoms with E-state index in [1.165, 1.54) is 17.7 Å². The number of benzene rings is 2. The van der Waals surface area contributed by atoms with Gasteiger partial charge in [-0.2, -0.15) is 0 Å². The summed E-state index contributed by atoms with van der Waals surface area (Å²) in [6.07, 6.45) is 0. The van der Waals surface area contributed by atoms with Crippen LogP contribution < -0.4 is 0 Å². The molecule has 120 valence electrons. The molecule has 1 fully saturated rings. The molecule has 1 N–H and O–H groups in total. The molecule has 1 aliphatic heterocycles. The zero-order valence-electron chi connectivity index (χ0n) is 13.0. The Balaban J connectivity index is 1.83. The molecule has 0 aliphatic carbocycles. The largest absolute Gasteiger partial charge is 0.481 e. The summed E-state index contributed by atoms with van der Waals surface area (Å²) < 4.78 is 13.1. The summed E-state index contributed by atoms with van der Waals surface area (Å²) in [6.45, 7) is 3.27. The van der Waals surface area contributed by atoms with Crippen LogP contribution in [-0.2, 0) is 4.79 Å². The van der Waals surface area contributed by atoms with Crippen LogP contribution in [0, 0.1) is 11.7 Å². The number of carboxylic acid groups (broad SMARTS) is 1. The topological polar surface area (TPSA) is 40.5 Å². The van der Waals surface area contributed by atoms with Gasteiger partial charge in [0, 0.05) is 25.0 Å². The first-order valence-electron chi connectivity index (χ1n) is 7.83. The zero-order chi connectivity index (χ0) is 16.4. The second kappa shape index (κ2) is 6.50. The Kier molecular flexibility index (Phi) is 4.44. The summed E-state index contributed by atoms with van der Waals surface area (Å²) >= 11 is 0. The molecule has 1 saturated heterocycles. The van der Waals surface area contributed by atoms with Crippen molar-refractivity contribution in [2.24, 2.45) is 5.92 Å². The maximum absolute atomic E-state index is 13.1. The van der Waals surface area contributed by atoms with Crippen molar-refractivity contribution in [3.63, 3.8) is 0 Å². The molecule has 2 aromatic carbocycles. The first-order valence-corrected chi connectivity index (χ1v) is 7.83. The van der Waals surface area contributed by atoms with Crippen molar-refractivity contribution in [3.8, 4) is 0 Å². The first kappa shape index (κ1) is 15.7. The van der Waals surface area contributed by atoms with Gasteiger partial charge >= 0.3 is 5.97 Å². The summed E-state index contributed by atoms with van der Waals surface area (Å²) in [7, 11) is 0. The molecule has 2 aromatic rings. The SMILES string of the molecule is CC(c1ccccc1)N1C[C@H](C(=O)O)[C@H](c2ccc(F)cc2)C1. The third-order valence-corrected chi connectivity index (χ3v) is 4.79. The van der Waals surface area contributed by atoms with E-state index in [-0.39, 0.29) is 17.8 Å².